The molecule has 3 rings (SSSR count). The average Bonchev–Trinajstić information content (AvgIpc) is 2.95. The summed E-state index contributed by atoms with van der Waals surface area (Å²) in [5, 5.41) is 0. The second kappa shape index (κ2) is 5.97. The van der Waals surface area contributed by atoms with Crippen LogP contribution in [0.15, 0.2) is 24.3 Å². The van der Waals surface area contributed by atoms with Gasteiger partial charge in [-0.1, -0.05) is 13.8 Å². The van der Waals surface area contributed by atoms with E-state index in [1.807, 2.05) is 4.90 Å². The van der Waals surface area contributed by atoms with Crippen molar-refractivity contribution in [3.63, 3.8) is 0 Å². The van der Waals surface area contributed by atoms with E-state index in [1.165, 1.54) is 12.1 Å². The number of benzene rings is 1. The second-order valence-electron chi connectivity index (χ2n) is 6.93. The quantitative estimate of drug-likeness (QED) is 0.880. The number of nitrogens with zero attached hydrogens (tertiary/aromatic N) is 1. The Labute approximate surface area is 131 Å². The van der Waals surface area contributed by atoms with Crippen molar-refractivity contribution in [1.29, 1.82) is 0 Å². The minimum absolute atomic E-state index is 0.00704. The lowest BCUT2D eigenvalue weighted by molar-refractivity contribution is 0.0498. The van der Waals surface area contributed by atoms with Crippen molar-refractivity contribution in [2.24, 2.45) is 11.3 Å². The molecule has 2 saturated heterocycles. The molecule has 2 fully saturated rings. The number of carbonyl (C=O) groups excluding carboxylic acids is 1. The van der Waals surface area contributed by atoms with Gasteiger partial charge in [0.1, 0.15) is 5.82 Å². The van der Waals surface area contributed by atoms with Gasteiger partial charge < -0.3 is 4.90 Å². The van der Waals surface area contributed by atoms with Crippen molar-refractivity contribution < 1.29 is 9.18 Å². The fraction of sp³-hybridized carbons (Fsp3) is 0.588. The van der Waals surface area contributed by atoms with Crippen LogP contribution in [0.25, 0.3) is 0 Å². The largest absolute Gasteiger partial charge is 0.339 e. The third-order valence-corrected chi connectivity index (χ3v) is 5.29. The van der Waals surface area contributed by atoms with Gasteiger partial charge in [-0.3, -0.25) is 15.6 Å². The summed E-state index contributed by atoms with van der Waals surface area (Å²) in [5.74, 6) is 0.300. The third kappa shape index (κ3) is 2.88. The molecule has 1 aromatic rings. The summed E-state index contributed by atoms with van der Waals surface area (Å²) in [5.41, 5.74) is 7.43. The lowest BCUT2D eigenvalue weighted by atomic mass is 9.71. The molecule has 2 heterocycles. The highest BCUT2D eigenvalue weighted by Gasteiger charge is 2.42. The molecular weight excluding hydrogens is 281 g/mol. The molecule has 5 heteroatoms. The summed E-state index contributed by atoms with van der Waals surface area (Å²) in [6.07, 6.45) is 1.98. The first-order valence-electron chi connectivity index (χ1n) is 8.03. The first-order chi connectivity index (χ1) is 10.5. The van der Waals surface area contributed by atoms with E-state index >= 15 is 0 Å². The first kappa shape index (κ1) is 15.4. The summed E-state index contributed by atoms with van der Waals surface area (Å²) < 4.78 is 13.0. The number of hydrogen-bond donors (Lipinski definition) is 2. The molecule has 2 aliphatic rings. The van der Waals surface area contributed by atoms with E-state index in [9.17, 15) is 9.18 Å². The predicted octanol–water partition coefficient (Wildman–Crippen LogP) is 2.18. The summed E-state index contributed by atoms with van der Waals surface area (Å²) in [6.45, 7) is 7.10. The molecule has 4 nitrogen and oxygen atoms in total. The highest BCUT2D eigenvalue weighted by molar-refractivity contribution is 5.94. The van der Waals surface area contributed by atoms with Crippen LogP contribution >= 0.6 is 0 Å². The van der Waals surface area contributed by atoms with Crippen LogP contribution < -0.4 is 10.9 Å². The molecule has 0 aromatic heterocycles. The number of likely N-dealkylation sites (tertiary alicyclic amines) is 1. The highest BCUT2D eigenvalue weighted by Crippen LogP contribution is 2.38. The maximum absolute atomic E-state index is 13.0. The Balaban J connectivity index is 1.63. The van der Waals surface area contributed by atoms with Gasteiger partial charge >= 0.3 is 0 Å². The van der Waals surface area contributed by atoms with Crippen LogP contribution in [-0.4, -0.2) is 36.5 Å². The van der Waals surface area contributed by atoms with Crippen molar-refractivity contribution in [3.8, 4) is 0 Å². The number of hydrazine groups is 1. The van der Waals surface area contributed by atoms with Crippen LogP contribution in [0.1, 0.15) is 37.0 Å². The number of amides is 1. The number of hydrogen-bond acceptors (Lipinski definition) is 3. The number of piperidine rings is 1. The molecule has 2 atom stereocenters. The van der Waals surface area contributed by atoms with Crippen LogP contribution in [0.4, 0.5) is 4.39 Å². The lowest BCUT2D eigenvalue weighted by Crippen LogP contribution is -2.51. The molecule has 0 spiro atoms. The lowest BCUT2D eigenvalue weighted by Gasteiger charge is -2.44. The molecule has 0 aliphatic carbocycles. The van der Waals surface area contributed by atoms with Crippen LogP contribution in [0.5, 0.6) is 0 Å². The third-order valence-electron chi connectivity index (χ3n) is 5.29. The molecular formula is C17H24FN3O. The Kier molecular flexibility index (Phi) is 4.19. The zero-order valence-corrected chi connectivity index (χ0v) is 13.2. The van der Waals surface area contributed by atoms with Gasteiger partial charge in [0, 0.05) is 31.2 Å². The maximum Gasteiger partial charge on any atom is 0.253 e. The Hall–Kier alpha value is -1.46. The van der Waals surface area contributed by atoms with Crippen LogP contribution in [-0.2, 0) is 0 Å². The van der Waals surface area contributed by atoms with E-state index in [-0.39, 0.29) is 17.1 Å². The number of rotatable bonds is 2. The van der Waals surface area contributed by atoms with Crippen molar-refractivity contribution in [1.82, 2.24) is 15.8 Å². The SMILES string of the molecule is CC1CNNC1C1(C)CCN(C(=O)c2ccc(F)cc2)CC1. The molecule has 2 N–H and O–H groups in total. The Bertz CT molecular complexity index is 537. The minimum Gasteiger partial charge on any atom is -0.339 e. The molecule has 2 aliphatic heterocycles. The van der Waals surface area contributed by atoms with Gasteiger partial charge in [0.2, 0.25) is 0 Å². The normalized spacial score (nSPS) is 27.9. The van der Waals surface area contributed by atoms with Crippen molar-refractivity contribution in [2.45, 2.75) is 32.7 Å². The fourth-order valence-corrected chi connectivity index (χ4v) is 3.76. The first-order valence-corrected chi connectivity index (χ1v) is 8.03. The molecule has 0 saturated carbocycles. The topological polar surface area (TPSA) is 44.4 Å². The zero-order chi connectivity index (χ0) is 15.7. The van der Waals surface area contributed by atoms with E-state index < -0.39 is 0 Å². The number of halogens is 1. The Morgan fingerprint density at radius 1 is 1.27 bits per heavy atom. The highest BCUT2D eigenvalue weighted by atomic mass is 19.1. The van der Waals surface area contributed by atoms with E-state index in [4.69, 9.17) is 0 Å². The number of nitrogens with one attached hydrogen (secondary N) is 2. The summed E-state index contributed by atoms with van der Waals surface area (Å²) >= 11 is 0. The number of carbonyl (C=O) groups is 1. The fourth-order valence-electron chi connectivity index (χ4n) is 3.76. The molecule has 2 unspecified atom stereocenters. The van der Waals surface area contributed by atoms with Gasteiger partial charge in [0.25, 0.3) is 5.91 Å². The van der Waals surface area contributed by atoms with Crippen molar-refractivity contribution in [2.75, 3.05) is 19.6 Å². The monoisotopic (exact) mass is 305 g/mol. The Morgan fingerprint density at radius 3 is 2.45 bits per heavy atom. The van der Waals surface area contributed by atoms with Gasteiger partial charge in [-0.2, -0.15) is 0 Å². The smallest absolute Gasteiger partial charge is 0.253 e. The van der Waals surface area contributed by atoms with Crippen LogP contribution in [0.2, 0.25) is 0 Å². The predicted molar refractivity (Wildman–Crippen MR) is 83.7 cm³/mol. The van der Waals surface area contributed by atoms with E-state index in [0.717, 1.165) is 32.5 Å². The van der Waals surface area contributed by atoms with Gasteiger partial charge in [0.05, 0.1) is 0 Å². The molecule has 0 radical (unpaired) electrons. The van der Waals surface area contributed by atoms with Gasteiger partial charge in [0.15, 0.2) is 0 Å². The van der Waals surface area contributed by atoms with E-state index in [0.29, 0.717) is 17.5 Å². The minimum atomic E-state index is -0.309. The molecule has 22 heavy (non-hydrogen) atoms. The van der Waals surface area contributed by atoms with Crippen molar-refractivity contribution >= 4 is 5.91 Å². The molecule has 120 valence electrons. The Morgan fingerprint density at radius 2 is 1.91 bits per heavy atom. The van der Waals surface area contributed by atoms with Gasteiger partial charge in [-0.05, 0) is 48.4 Å². The second-order valence-corrected chi connectivity index (χ2v) is 6.93. The van der Waals surface area contributed by atoms with Crippen LogP contribution in [0, 0.1) is 17.2 Å². The zero-order valence-electron chi connectivity index (χ0n) is 13.2. The summed E-state index contributed by atoms with van der Waals surface area (Å²) in [7, 11) is 0. The molecule has 0 bridgehead atoms. The van der Waals surface area contributed by atoms with E-state index in [1.54, 1.807) is 12.1 Å². The van der Waals surface area contributed by atoms with Crippen LogP contribution in [0.3, 0.4) is 0 Å². The standard InChI is InChI=1S/C17H24FN3O/c1-12-11-19-20-15(12)17(2)7-9-21(10-8-17)16(22)13-3-5-14(18)6-4-13/h3-6,12,15,19-20H,7-11H2,1-2H3. The van der Waals surface area contributed by atoms with Gasteiger partial charge in [-0.15, -0.1) is 0 Å². The van der Waals surface area contributed by atoms with E-state index in [2.05, 4.69) is 24.7 Å². The maximum atomic E-state index is 13.0. The molecule has 1 aromatic carbocycles. The molecule has 1 amide bonds. The van der Waals surface area contributed by atoms with Crippen molar-refractivity contribution in [3.05, 3.63) is 35.6 Å². The summed E-state index contributed by atoms with van der Waals surface area (Å²) in [4.78, 5) is 14.4. The average molecular weight is 305 g/mol. The summed E-state index contributed by atoms with van der Waals surface area (Å²) in [6, 6.07) is 6.27. The van der Waals surface area contributed by atoms with Gasteiger partial charge in [-0.25, -0.2) is 4.39 Å².